The van der Waals surface area contributed by atoms with Gasteiger partial charge in [0.15, 0.2) is 11.7 Å². The second-order valence-corrected chi connectivity index (χ2v) is 5.16. The van der Waals surface area contributed by atoms with Crippen molar-refractivity contribution < 1.29 is 19.1 Å². The Bertz CT molecular complexity index is 795. The van der Waals surface area contributed by atoms with Gasteiger partial charge in [0.1, 0.15) is 11.4 Å². The fourth-order valence-electron chi connectivity index (χ4n) is 2.00. The Balaban J connectivity index is 1.83. The highest BCUT2D eigenvalue weighted by Gasteiger charge is 2.21. The van der Waals surface area contributed by atoms with Gasteiger partial charge < -0.3 is 15.3 Å². The first-order valence-corrected chi connectivity index (χ1v) is 7.06. The monoisotopic (exact) mass is 332 g/mol. The van der Waals surface area contributed by atoms with Crippen LogP contribution >= 0.6 is 12.2 Å². The van der Waals surface area contributed by atoms with Crippen molar-refractivity contribution >= 4 is 29.3 Å². The zero-order chi connectivity index (χ0) is 16.4. The number of aryl methyl sites for hydroxylation is 1. The van der Waals surface area contributed by atoms with Crippen LogP contribution in [0.25, 0.3) is 6.08 Å². The van der Waals surface area contributed by atoms with Gasteiger partial charge in [-0.15, -0.1) is 0 Å². The second-order valence-electron chi connectivity index (χ2n) is 4.75. The molecule has 2 N–H and O–H groups in total. The van der Waals surface area contributed by atoms with E-state index in [1.54, 1.807) is 31.2 Å². The molecular weight excluding hydrogens is 320 g/mol. The molecule has 1 fully saturated rings. The van der Waals surface area contributed by atoms with Crippen molar-refractivity contribution in [2.45, 2.75) is 13.5 Å². The molecule has 0 spiro atoms. The van der Waals surface area contributed by atoms with Crippen molar-refractivity contribution in [3.8, 4) is 5.75 Å². The third kappa shape index (κ3) is 3.14. The van der Waals surface area contributed by atoms with E-state index < -0.39 is 0 Å². The highest BCUT2D eigenvalue weighted by molar-refractivity contribution is 7.80. The number of para-hydroxylation sites is 1. The van der Waals surface area contributed by atoms with Crippen LogP contribution in [0.2, 0.25) is 0 Å². The lowest BCUT2D eigenvalue weighted by atomic mass is 10.1. The van der Waals surface area contributed by atoms with E-state index in [0.29, 0.717) is 27.6 Å². The summed E-state index contributed by atoms with van der Waals surface area (Å²) in [5.41, 5.74) is 1.73. The van der Waals surface area contributed by atoms with Gasteiger partial charge in [0.05, 0.1) is 0 Å². The van der Waals surface area contributed by atoms with Crippen molar-refractivity contribution in [1.29, 1.82) is 0 Å². The fraction of sp³-hybridized carbons (Fsp3) is 0.143. The molecule has 1 aliphatic rings. The number of rotatable bonds is 4. The summed E-state index contributed by atoms with van der Waals surface area (Å²) >= 11 is 4.89. The van der Waals surface area contributed by atoms with Gasteiger partial charge in [-0.2, -0.15) is 0 Å². The van der Waals surface area contributed by atoms with Gasteiger partial charge in [0.2, 0.25) is 11.4 Å². The average molecular weight is 332 g/mol. The molecule has 3 rings (SSSR count). The van der Waals surface area contributed by atoms with Crippen LogP contribution in [0.3, 0.4) is 0 Å². The Labute approximate surface area is 136 Å². The average Bonchev–Trinajstić information content (AvgIpc) is 3.00. The molecule has 1 saturated heterocycles. The smallest absolute Gasteiger partial charge is 0.273 e. The molecule has 1 aromatic heterocycles. The maximum absolute atomic E-state index is 11.7. The van der Waals surface area contributed by atoms with Crippen LogP contribution in [0, 0.1) is 12.1 Å². The zero-order valence-corrected chi connectivity index (χ0v) is 12.8. The highest BCUT2D eigenvalue weighted by Crippen LogP contribution is 2.22. The van der Waals surface area contributed by atoms with Crippen LogP contribution in [0.15, 0.2) is 34.6 Å². The Morgan fingerprint density at radius 3 is 2.87 bits per heavy atom. The van der Waals surface area contributed by atoms with E-state index in [1.807, 2.05) is 6.07 Å². The first-order valence-electron chi connectivity index (χ1n) is 6.65. The zero-order valence-electron chi connectivity index (χ0n) is 12.0. The lowest BCUT2D eigenvalue weighted by Crippen LogP contribution is -2.29. The number of benzene rings is 1. The van der Waals surface area contributed by atoms with Crippen molar-refractivity contribution in [2.75, 3.05) is 0 Å². The van der Waals surface area contributed by atoms with Gasteiger partial charge in [-0.1, -0.05) is 18.2 Å². The minimum absolute atomic E-state index is 0.00292. The number of nitrogens with zero attached hydrogens (tertiary/aromatic N) is 2. The first-order chi connectivity index (χ1) is 11.0. The predicted octanol–water partition coefficient (Wildman–Crippen LogP) is 0.541. The minimum Gasteiger partial charge on any atom is -0.484 e. The molecule has 0 unspecified atom stereocenters. The van der Waals surface area contributed by atoms with Gasteiger partial charge in [-0.25, -0.2) is 0 Å². The number of carbonyl (C=O) groups excluding carboxylic acids is 1. The lowest BCUT2D eigenvalue weighted by molar-refractivity contribution is -0.808. The van der Waals surface area contributed by atoms with Crippen LogP contribution in [0.5, 0.6) is 5.75 Å². The summed E-state index contributed by atoms with van der Waals surface area (Å²) in [5, 5.41) is 20.5. The number of thiocarbonyl (C=S) groups is 1. The number of amides is 1. The maximum Gasteiger partial charge on any atom is 0.273 e. The third-order valence-electron chi connectivity index (χ3n) is 3.19. The molecular formula is C14H12N4O4S. The van der Waals surface area contributed by atoms with E-state index in [0.717, 1.165) is 0 Å². The third-order valence-corrected chi connectivity index (χ3v) is 3.40. The van der Waals surface area contributed by atoms with Crippen LogP contribution in [-0.2, 0) is 11.4 Å². The Morgan fingerprint density at radius 1 is 1.43 bits per heavy atom. The number of ether oxygens (including phenoxy) is 1. The normalized spacial score (nSPS) is 15.6. The van der Waals surface area contributed by atoms with Crippen molar-refractivity contribution in [3.05, 3.63) is 52.1 Å². The molecule has 1 aromatic carbocycles. The number of aromatic nitrogens is 2. The van der Waals surface area contributed by atoms with E-state index in [2.05, 4.69) is 20.4 Å². The topological polar surface area (TPSA) is 103 Å². The van der Waals surface area contributed by atoms with Crippen LogP contribution in [0.1, 0.15) is 17.0 Å². The van der Waals surface area contributed by atoms with Crippen molar-refractivity contribution in [3.63, 3.8) is 0 Å². The molecule has 0 radical (unpaired) electrons. The van der Waals surface area contributed by atoms with E-state index >= 15 is 0 Å². The van der Waals surface area contributed by atoms with Gasteiger partial charge in [-0.05, 0) is 29.3 Å². The van der Waals surface area contributed by atoms with Crippen LogP contribution in [0.4, 0.5) is 0 Å². The summed E-state index contributed by atoms with van der Waals surface area (Å²) < 4.78 is 10.1. The highest BCUT2D eigenvalue weighted by atomic mass is 32.1. The second kappa shape index (κ2) is 6.05. The molecule has 0 saturated carbocycles. The van der Waals surface area contributed by atoms with Gasteiger partial charge in [0.25, 0.3) is 5.91 Å². The number of hydrogen-bond acceptors (Lipinski definition) is 6. The molecule has 2 heterocycles. The predicted molar refractivity (Wildman–Crippen MR) is 82.8 cm³/mol. The summed E-state index contributed by atoms with van der Waals surface area (Å²) in [6, 6.07) is 7.11. The standard InChI is InChI=1S/C14H12N4O4S/c1-8-11(18(20)22-17-8)7-21-12-5-3-2-4-9(12)6-10-13(19)16-14(23)15-10/h2-6H,7H2,1H3,(H2,15,16,19,23)/b10-6-. The lowest BCUT2D eigenvalue weighted by Gasteiger charge is -2.08. The molecule has 8 nitrogen and oxygen atoms in total. The van der Waals surface area contributed by atoms with E-state index in [4.69, 9.17) is 17.0 Å². The van der Waals surface area contributed by atoms with Crippen LogP contribution in [-0.4, -0.2) is 16.2 Å². The number of hydrogen-bond donors (Lipinski definition) is 2. The number of carbonyl (C=O) groups is 1. The molecule has 23 heavy (non-hydrogen) atoms. The molecule has 9 heteroatoms. The van der Waals surface area contributed by atoms with E-state index in [1.165, 1.54) is 0 Å². The Kier molecular flexibility index (Phi) is 3.94. The van der Waals surface area contributed by atoms with Crippen molar-refractivity contribution in [1.82, 2.24) is 15.8 Å². The fourth-order valence-corrected chi connectivity index (χ4v) is 2.21. The Morgan fingerprint density at radius 2 is 2.22 bits per heavy atom. The quantitative estimate of drug-likeness (QED) is 0.478. The van der Waals surface area contributed by atoms with E-state index in [-0.39, 0.29) is 23.3 Å². The van der Waals surface area contributed by atoms with Gasteiger partial charge in [-0.3, -0.25) is 14.7 Å². The minimum atomic E-state index is -0.308. The number of nitrogens with one attached hydrogen (secondary N) is 2. The molecule has 118 valence electrons. The Hall–Kier alpha value is -2.94. The summed E-state index contributed by atoms with van der Waals surface area (Å²) in [6.45, 7) is 1.65. The van der Waals surface area contributed by atoms with Gasteiger partial charge in [0, 0.05) is 17.6 Å². The van der Waals surface area contributed by atoms with E-state index in [9.17, 15) is 10.0 Å². The summed E-state index contributed by atoms with van der Waals surface area (Å²) in [4.78, 5) is 12.0. The molecule has 0 atom stereocenters. The summed E-state index contributed by atoms with van der Waals surface area (Å²) in [7, 11) is 0. The summed E-state index contributed by atoms with van der Waals surface area (Å²) in [5.74, 6) is 0.199. The SMILES string of the molecule is Cc1no[n+]([O-])c1COc1ccccc1/C=C1\NC(=S)NC1=O. The maximum atomic E-state index is 11.7. The molecule has 1 amide bonds. The summed E-state index contributed by atoms with van der Waals surface area (Å²) in [6.07, 6.45) is 1.62. The largest absolute Gasteiger partial charge is 0.484 e. The molecule has 2 aromatic rings. The molecule has 0 bridgehead atoms. The van der Waals surface area contributed by atoms with Crippen LogP contribution < -0.4 is 20.3 Å². The molecule has 0 aliphatic carbocycles. The van der Waals surface area contributed by atoms with Crippen molar-refractivity contribution in [2.24, 2.45) is 0 Å². The molecule has 1 aliphatic heterocycles. The van der Waals surface area contributed by atoms with Gasteiger partial charge >= 0.3 is 0 Å². The first kappa shape index (κ1) is 15.0.